The van der Waals surface area contributed by atoms with Gasteiger partial charge in [0.1, 0.15) is 12.6 Å². The molecule has 0 radical (unpaired) electrons. The fourth-order valence-electron chi connectivity index (χ4n) is 3.37. The van der Waals surface area contributed by atoms with E-state index in [1.807, 2.05) is 6.92 Å². The van der Waals surface area contributed by atoms with Crippen molar-refractivity contribution in [1.29, 1.82) is 0 Å². The summed E-state index contributed by atoms with van der Waals surface area (Å²) < 4.78 is 26.8. The maximum Gasteiger partial charge on any atom is 0.244 e. The highest BCUT2D eigenvalue weighted by Gasteiger charge is 2.32. The number of carbonyl (C=O) groups is 2. The molecular formula is C23H28BrCl2N3O4S. The molecule has 0 aliphatic rings. The Hall–Kier alpha value is -1.81. The van der Waals surface area contributed by atoms with E-state index in [-0.39, 0.29) is 12.5 Å². The average molecular weight is 593 g/mol. The number of amides is 2. The number of halogens is 3. The van der Waals surface area contributed by atoms with Crippen molar-refractivity contribution in [3.8, 4) is 0 Å². The van der Waals surface area contributed by atoms with Crippen LogP contribution in [0.3, 0.4) is 0 Å². The Morgan fingerprint density at radius 3 is 2.32 bits per heavy atom. The molecule has 1 atom stereocenters. The lowest BCUT2D eigenvalue weighted by atomic mass is 10.1. The van der Waals surface area contributed by atoms with E-state index < -0.39 is 28.5 Å². The van der Waals surface area contributed by atoms with E-state index in [2.05, 4.69) is 21.2 Å². The minimum atomic E-state index is -3.80. The maximum atomic E-state index is 13.6. The minimum Gasteiger partial charge on any atom is -0.354 e. The third-order valence-corrected chi connectivity index (χ3v) is 7.61. The zero-order valence-electron chi connectivity index (χ0n) is 19.2. The van der Waals surface area contributed by atoms with Gasteiger partial charge in [0, 0.05) is 17.6 Å². The molecule has 2 rings (SSSR count). The van der Waals surface area contributed by atoms with Crippen LogP contribution in [0.4, 0.5) is 5.69 Å². The van der Waals surface area contributed by atoms with Crippen molar-refractivity contribution in [2.75, 3.05) is 23.7 Å². The quantitative estimate of drug-likeness (QED) is 0.404. The number of nitrogens with zero attached hydrogens (tertiary/aromatic N) is 2. The number of anilines is 1. The van der Waals surface area contributed by atoms with Crippen LogP contribution in [0.1, 0.15) is 32.3 Å². The molecule has 0 aliphatic carbocycles. The first-order chi connectivity index (χ1) is 16.0. The van der Waals surface area contributed by atoms with Crippen molar-refractivity contribution >= 4 is 66.7 Å². The normalized spacial score (nSPS) is 12.2. The van der Waals surface area contributed by atoms with Gasteiger partial charge in [-0.15, -0.1) is 0 Å². The summed E-state index contributed by atoms with van der Waals surface area (Å²) in [5.41, 5.74) is 0.993. The average Bonchev–Trinajstić information content (AvgIpc) is 2.78. The lowest BCUT2D eigenvalue weighted by Crippen LogP contribution is -2.52. The van der Waals surface area contributed by atoms with Gasteiger partial charge in [-0.1, -0.05) is 55.2 Å². The van der Waals surface area contributed by atoms with E-state index in [0.717, 1.165) is 17.0 Å². The molecule has 7 nitrogen and oxygen atoms in total. The summed E-state index contributed by atoms with van der Waals surface area (Å²) in [6.07, 6.45) is 2.12. The lowest BCUT2D eigenvalue weighted by Gasteiger charge is -2.33. The molecule has 2 amide bonds. The van der Waals surface area contributed by atoms with Crippen molar-refractivity contribution in [2.45, 2.75) is 39.3 Å². The Kier molecular flexibility index (Phi) is 10.7. The zero-order chi connectivity index (χ0) is 25.5. The van der Waals surface area contributed by atoms with E-state index >= 15 is 0 Å². The van der Waals surface area contributed by atoms with Crippen LogP contribution in [-0.4, -0.2) is 50.5 Å². The standard InChI is InChI=1S/C23H28BrCl2N3O4S/c1-4-12-27-23(31)20(5-2)28(14-16-10-11-18(25)19(26)13-16)22(30)15-29(34(3,32)33)21-9-7-6-8-17(21)24/h6-11,13,20H,4-5,12,14-15H2,1-3H3,(H,27,31). The second kappa shape index (κ2) is 12.8. The first-order valence-electron chi connectivity index (χ1n) is 10.7. The van der Waals surface area contributed by atoms with Gasteiger partial charge < -0.3 is 10.2 Å². The second-order valence-corrected chi connectivity index (χ2v) is 11.3. The van der Waals surface area contributed by atoms with Gasteiger partial charge in [0.25, 0.3) is 0 Å². The summed E-state index contributed by atoms with van der Waals surface area (Å²) in [5, 5.41) is 3.52. The monoisotopic (exact) mass is 591 g/mol. The van der Waals surface area contributed by atoms with Gasteiger partial charge in [0.2, 0.25) is 21.8 Å². The van der Waals surface area contributed by atoms with E-state index in [4.69, 9.17) is 23.2 Å². The minimum absolute atomic E-state index is 0.0569. The van der Waals surface area contributed by atoms with Crippen molar-refractivity contribution in [2.24, 2.45) is 0 Å². The highest BCUT2D eigenvalue weighted by atomic mass is 79.9. The van der Waals surface area contributed by atoms with Gasteiger partial charge in [-0.25, -0.2) is 8.42 Å². The summed E-state index contributed by atoms with van der Waals surface area (Å²) in [5.74, 6) is -0.824. The van der Waals surface area contributed by atoms with Gasteiger partial charge in [0.05, 0.1) is 22.0 Å². The van der Waals surface area contributed by atoms with Crippen molar-refractivity contribution < 1.29 is 18.0 Å². The molecule has 0 fully saturated rings. The summed E-state index contributed by atoms with van der Waals surface area (Å²) in [6.45, 7) is 3.78. The second-order valence-electron chi connectivity index (χ2n) is 7.71. The Morgan fingerprint density at radius 1 is 1.09 bits per heavy atom. The third kappa shape index (κ3) is 7.60. The molecule has 0 saturated carbocycles. The van der Waals surface area contributed by atoms with E-state index in [1.165, 1.54) is 4.90 Å². The number of carbonyl (C=O) groups excluding carboxylic acids is 2. The van der Waals surface area contributed by atoms with Crippen LogP contribution < -0.4 is 9.62 Å². The Morgan fingerprint density at radius 2 is 1.76 bits per heavy atom. The summed E-state index contributed by atoms with van der Waals surface area (Å²) in [7, 11) is -3.80. The molecule has 2 aromatic rings. The van der Waals surface area contributed by atoms with Gasteiger partial charge in [-0.05, 0) is 58.6 Å². The van der Waals surface area contributed by atoms with Crippen LogP contribution in [0.15, 0.2) is 46.9 Å². The first kappa shape index (κ1) is 28.4. The highest BCUT2D eigenvalue weighted by Crippen LogP contribution is 2.28. The van der Waals surface area contributed by atoms with Gasteiger partial charge in [-0.3, -0.25) is 13.9 Å². The molecule has 0 heterocycles. The summed E-state index contributed by atoms with van der Waals surface area (Å²) >= 11 is 15.5. The largest absolute Gasteiger partial charge is 0.354 e. The van der Waals surface area contributed by atoms with Crippen LogP contribution in [0.25, 0.3) is 0 Å². The highest BCUT2D eigenvalue weighted by molar-refractivity contribution is 9.10. The smallest absolute Gasteiger partial charge is 0.244 e. The zero-order valence-corrected chi connectivity index (χ0v) is 23.1. The molecule has 0 bridgehead atoms. The predicted molar refractivity (Wildman–Crippen MR) is 141 cm³/mol. The Bertz CT molecular complexity index is 1130. The van der Waals surface area contributed by atoms with Crippen LogP contribution in [0.2, 0.25) is 10.0 Å². The Balaban J connectivity index is 2.46. The predicted octanol–water partition coefficient (Wildman–Crippen LogP) is 4.86. The van der Waals surface area contributed by atoms with E-state index in [9.17, 15) is 18.0 Å². The van der Waals surface area contributed by atoms with E-state index in [1.54, 1.807) is 49.4 Å². The van der Waals surface area contributed by atoms with Crippen molar-refractivity contribution in [3.63, 3.8) is 0 Å². The molecule has 1 unspecified atom stereocenters. The fourth-order valence-corrected chi connectivity index (χ4v) is 5.17. The van der Waals surface area contributed by atoms with Crippen LogP contribution >= 0.6 is 39.1 Å². The molecule has 2 aromatic carbocycles. The number of nitrogens with one attached hydrogen (secondary N) is 1. The SMILES string of the molecule is CCCNC(=O)C(CC)N(Cc1ccc(Cl)c(Cl)c1)C(=O)CN(c1ccccc1Br)S(C)(=O)=O. The lowest BCUT2D eigenvalue weighted by molar-refractivity contribution is -0.140. The molecule has 0 aliphatic heterocycles. The van der Waals surface area contributed by atoms with Gasteiger partial charge >= 0.3 is 0 Å². The Labute approximate surface area is 219 Å². The number of para-hydroxylation sites is 1. The molecule has 11 heteroatoms. The molecule has 1 N–H and O–H groups in total. The summed E-state index contributed by atoms with van der Waals surface area (Å²) in [4.78, 5) is 27.9. The molecule has 0 spiro atoms. The van der Waals surface area contributed by atoms with Gasteiger partial charge in [-0.2, -0.15) is 0 Å². The van der Waals surface area contributed by atoms with Crippen LogP contribution in [0.5, 0.6) is 0 Å². The van der Waals surface area contributed by atoms with Crippen LogP contribution in [0, 0.1) is 0 Å². The summed E-state index contributed by atoms with van der Waals surface area (Å²) in [6, 6.07) is 10.9. The molecular weight excluding hydrogens is 565 g/mol. The topological polar surface area (TPSA) is 86.8 Å². The molecule has 186 valence electrons. The van der Waals surface area contributed by atoms with Crippen molar-refractivity contribution in [3.05, 3.63) is 62.5 Å². The molecule has 34 heavy (non-hydrogen) atoms. The number of hydrogen-bond donors (Lipinski definition) is 1. The maximum absolute atomic E-state index is 13.6. The fraction of sp³-hybridized carbons (Fsp3) is 0.391. The number of rotatable bonds is 11. The number of hydrogen-bond acceptors (Lipinski definition) is 4. The molecule has 0 aromatic heterocycles. The van der Waals surface area contributed by atoms with Gasteiger partial charge in [0.15, 0.2) is 0 Å². The van der Waals surface area contributed by atoms with Crippen LogP contribution in [-0.2, 0) is 26.2 Å². The first-order valence-corrected chi connectivity index (χ1v) is 14.1. The van der Waals surface area contributed by atoms with Crippen molar-refractivity contribution in [1.82, 2.24) is 10.2 Å². The number of benzene rings is 2. The third-order valence-electron chi connectivity index (χ3n) is 5.07. The molecule has 0 saturated heterocycles. The van der Waals surface area contributed by atoms with E-state index in [0.29, 0.717) is 38.7 Å². The number of sulfonamides is 1.